The third kappa shape index (κ3) is 2.59. The van der Waals surface area contributed by atoms with Crippen molar-refractivity contribution >= 4 is 10.0 Å². The lowest BCUT2D eigenvalue weighted by Gasteiger charge is -2.24. The molecule has 1 saturated carbocycles. The largest absolute Gasteiger partial charge is 0.389 e. The zero-order valence-electron chi connectivity index (χ0n) is 11.9. The Bertz CT molecular complexity index is 576. The van der Waals surface area contributed by atoms with Crippen molar-refractivity contribution in [2.75, 3.05) is 20.2 Å². The predicted molar refractivity (Wildman–Crippen MR) is 74.0 cm³/mol. The summed E-state index contributed by atoms with van der Waals surface area (Å²) in [6.45, 7) is 0.319. The fourth-order valence-electron chi connectivity index (χ4n) is 3.29. The molecule has 2 unspecified atom stereocenters. The highest BCUT2D eigenvalue weighted by Crippen LogP contribution is 2.33. The molecule has 4 atom stereocenters. The summed E-state index contributed by atoms with van der Waals surface area (Å²) in [7, 11) is -1.92. The second-order valence-electron chi connectivity index (χ2n) is 5.62. The average Bonchev–Trinajstić information content (AvgIpc) is 3.18. The van der Waals surface area contributed by atoms with Crippen molar-refractivity contribution in [2.45, 2.75) is 42.8 Å². The first-order valence-electron chi connectivity index (χ1n) is 7.09. The number of aromatic nitrogens is 3. The monoisotopic (exact) mass is 316 g/mol. The molecule has 8 nitrogen and oxygen atoms in total. The van der Waals surface area contributed by atoms with E-state index < -0.39 is 21.4 Å². The maximum absolute atomic E-state index is 12.8. The van der Waals surface area contributed by atoms with Crippen LogP contribution in [0.3, 0.4) is 0 Å². The lowest BCUT2D eigenvalue weighted by Crippen LogP contribution is -2.42. The van der Waals surface area contributed by atoms with Gasteiger partial charge in [0.15, 0.2) is 0 Å². The molecule has 2 aliphatic rings. The van der Waals surface area contributed by atoms with Gasteiger partial charge >= 0.3 is 0 Å². The van der Waals surface area contributed by atoms with E-state index in [0.29, 0.717) is 6.42 Å². The number of aliphatic hydroxyl groups is 1. The zero-order valence-corrected chi connectivity index (χ0v) is 12.7. The quantitative estimate of drug-likeness (QED) is 0.796. The van der Waals surface area contributed by atoms with E-state index in [9.17, 15) is 13.5 Å². The molecule has 2 heterocycles. The van der Waals surface area contributed by atoms with Crippen molar-refractivity contribution in [1.29, 1.82) is 0 Å². The number of ether oxygens (including phenoxy) is 1. The molecule has 0 spiro atoms. The topological polar surface area (TPSA) is 97.6 Å². The predicted octanol–water partition coefficient (Wildman–Crippen LogP) is -0.607. The van der Waals surface area contributed by atoms with E-state index >= 15 is 0 Å². The first kappa shape index (κ1) is 14.9. The minimum absolute atomic E-state index is 0.0970. The molecule has 1 aliphatic carbocycles. The molecule has 9 heteroatoms. The number of β-amino-alcohol motifs (C(OH)–C–C–N with tert-alkyl or cyclic N) is 1. The first-order valence-corrected chi connectivity index (χ1v) is 8.60. The Morgan fingerprint density at radius 2 is 2.14 bits per heavy atom. The number of aliphatic hydroxyl groups excluding tert-OH is 1. The summed E-state index contributed by atoms with van der Waals surface area (Å²) in [5, 5.41) is 17.2. The average molecular weight is 316 g/mol. The number of methoxy groups -OCH3 is 1. The summed E-state index contributed by atoms with van der Waals surface area (Å²) < 4.78 is 33.7. The number of sulfonamides is 1. The maximum Gasteiger partial charge on any atom is 0.219 e. The van der Waals surface area contributed by atoms with Crippen LogP contribution in [0.15, 0.2) is 12.4 Å². The molecule has 0 amide bonds. The Hall–Kier alpha value is -1.03. The molecule has 1 saturated heterocycles. The fraction of sp³-hybridized carbons (Fsp3) is 0.833. The Morgan fingerprint density at radius 3 is 2.81 bits per heavy atom. The van der Waals surface area contributed by atoms with Crippen molar-refractivity contribution in [3.05, 3.63) is 12.4 Å². The van der Waals surface area contributed by atoms with Crippen LogP contribution in [-0.2, 0) is 14.8 Å². The Balaban J connectivity index is 1.78. The highest BCUT2D eigenvalue weighted by Gasteiger charge is 2.46. The van der Waals surface area contributed by atoms with Gasteiger partial charge in [0.25, 0.3) is 0 Å². The van der Waals surface area contributed by atoms with E-state index in [4.69, 9.17) is 4.74 Å². The van der Waals surface area contributed by atoms with Crippen LogP contribution in [-0.4, -0.2) is 70.5 Å². The van der Waals surface area contributed by atoms with Gasteiger partial charge in [-0.1, -0.05) is 5.21 Å². The molecular formula is C12H20N4O4S. The summed E-state index contributed by atoms with van der Waals surface area (Å²) in [5.74, 6) is 0. The molecule has 0 bridgehead atoms. The van der Waals surface area contributed by atoms with E-state index in [0.717, 1.165) is 12.8 Å². The van der Waals surface area contributed by atoms with Crippen molar-refractivity contribution in [3.63, 3.8) is 0 Å². The minimum atomic E-state index is -3.47. The maximum atomic E-state index is 12.8. The van der Waals surface area contributed by atoms with Crippen LogP contribution in [0.4, 0.5) is 0 Å². The lowest BCUT2D eigenvalue weighted by molar-refractivity contribution is 0.109. The van der Waals surface area contributed by atoms with Crippen LogP contribution in [0, 0.1) is 0 Å². The summed E-state index contributed by atoms with van der Waals surface area (Å²) in [5.41, 5.74) is 0. The number of hydrogen-bond donors (Lipinski definition) is 1. The Labute approximate surface area is 123 Å². The summed E-state index contributed by atoms with van der Waals surface area (Å²) >= 11 is 0. The minimum Gasteiger partial charge on any atom is -0.389 e. The van der Waals surface area contributed by atoms with Crippen LogP contribution in [0.25, 0.3) is 0 Å². The first-order chi connectivity index (χ1) is 10.0. The van der Waals surface area contributed by atoms with Crippen LogP contribution in [0.5, 0.6) is 0 Å². The molecule has 3 rings (SSSR count). The molecule has 1 aromatic rings. The highest BCUT2D eigenvalue weighted by molar-refractivity contribution is 7.89. The van der Waals surface area contributed by atoms with Gasteiger partial charge in [-0.3, -0.25) is 0 Å². The molecule has 1 aromatic heterocycles. The van der Waals surface area contributed by atoms with Gasteiger partial charge in [-0.2, -0.15) is 4.31 Å². The standard InChI is InChI=1S/C12H20N4O4S/c1-20-11-3-2-4-12(11)21(18,19)15-7-9(10(17)8-15)16-6-5-13-14-16/h5-6,9-12,17H,2-4,7-8H2,1H3/t9-,10-,11?,12?/m1/s1. The summed E-state index contributed by atoms with van der Waals surface area (Å²) in [6.07, 6.45) is 4.36. The lowest BCUT2D eigenvalue weighted by atomic mass is 10.2. The second-order valence-corrected chi connectivity index (χ2v) is 7.78. The summed E-state index contributed by atoms with van der Waals surface area (Å²) in [4.78, 5) is 0. The molecule has 0 radical (unpaired) electrons. The molecule has 118 valence electrons. The van der Waals surface area contributed by atoms with Crippen LogP contribution in [0.2, 0.25) is 0 Å². The van der Waals surface area contributed by atoms with Gasteiger partial charge < -0.3 is 9.84 Å². The van der Waals surface area contributed by atoms with Crippen LogP contribution in [0.1, 0.15) is 25.3 Å². The molecule has 21 heavy (non-hydrogen) atoms. The van der Waals surface area contributed by atoms with Gasteiger partial charge in [0.05, 0.1) is 24.4 Å². The van der Waals surface area contributed by atoms with E-state index in [2.05, 4.69) is 10.3 Å². The Kier molecular flexibility index (Phi) is 4.00. The zero-order chi connectivity index (χ0) is 15.0. The summed E-state index contributed by atoms with van der Waals surface area (Å²) in [6, 6.07) is -0.385. The van der Waals surface area contributed by atoms with E-state index in [1.54, 1.807) is 13.3 Å². The van der Waals surface area contributed by atoms with Crippen molar-refractivity contribution in [1.82, 2.24) is 19.3 Å². The van der Waals surface area contributed by atoms with Crippen molar-refractivity contribution in [2.24, 2.45) is 0 Å². The van der Waals surface area contributed by atoms with Gasteiger partial charge in [0, 0.05) is 26.4 Å². The molecule has 1 N–H and O–H groups in total. The van der Waals surface area contributed by atoms with Crippen LogP contribution >= 0.6 is 0 Å². The molecule has 0 aromatic carbocycles. The van der Waals surface area contributed by atoms with Crippen LogP contribution < -0.4 is 0 Å². The third-order valence-corrected chi connectivity index (χ3v) is 6.77. The van der Waals surface area contributed by atoms with Crippen molar-refractivity contribution in [3.8, 4) is 0 Å². The molecule has 2 fully saturated rings. The second kappa shape index (κ2) is 5.64. The highest BCUT2D eigenvalue weighted by atomic mass is 32.2. The molecular weight excluding hydrogens is 296 g/mol. The van der Waals surface area contributed by atoms with Crippen molar-refractivity contribution < 1.29 is 18.3 Å². The van der Waals surface area contributed by atoms with Gasteiger partial charge in [0.1, 0.15) is 5.25 Å². The number of hydrogen-bond acceptors (Lipinski definition) is 6. The Morgan fingerprint density at radius 1 is 1.33 bits per heavy atom. The SMILES string of the molecule is COC1CCCC1S(=O)(=O)N1C[C@@H](O)[C@H](n2ccnn2)C1. The number of nitrogens with zero attached hydrogens (tertiary/aromatic N) is 4. The normalized spacial score (nSPS) is 34.6. The third-order valence-electron chi connectivity index (χ3n) is 4.44. The fourth-order valence-corrected chi connectivity index (χ4v) is 5.49. The van der Waals surface area contributed by atoms with E-state index in [1.807, 2.05) is 0 Å². The molecule has 1 aliphatic heterocycles. The van der Waals surface area contributed by atoms with Gasteiger partial charge in [-0.05, 0) is 19.3 Å². The smallest absolute Gasteiger partial charge is 0.219 e. The number of rotatable bonds is 4. The van der Waals surface area contributed by atoms with Gasteiger partial charge in [-0.15, -0.1) is 5.10 Å². The van der Waals surface area contributed by atoms with E-state index in [-0.39, 0.29) is 25.2 Å². The van der Waals surface area contributed by atoms with Gasteiger partial charge in [-0.25, -0.2) is 13.1 Å². The van der Waals surface area contributed by atoms with E-state index in [1.165, 1.54) is 15.2 Å². The van der Waals surface area contributed by atoms with Gasteiger partial charge in [0.2, 0.25) is 10.0 Å².